The minimum atomic E-state index is -0.363. The van der Waals surface area contributed by atoms with E-state index in [0.717, 1.165) is 6.42 Å². The van der Waals surface area contributed by atoms with Crippen LogP contribution in [0.25, 0.3) is 0 Å². The zero-order chi connectivity index (χ0) is 14.0. The Morgan fingerprint density at radius 2 is 2.06 bits per heavy atom. The molecule has 1 unspecified atom stereocenters. The average molecular weight is 258 g/mol. The van der Waals surface area contributed by atoms with Crippen LogP contribution in [0.2, 0.25) is 0 Å². The van der Waals surface area contributed by atoms with Gasteiger partial charge in [0.05, 0.1) is 23.9 Å². The van der Waals surface area contributed by atoms with Gasteiger partial charge in [0, 0.05) is 13.1 Å². The van der Waals surface area contributed by atoms with Crippen LogP contribution < -0.4 is 5.32 Å². The minimum absolute atomic E-state index is 0.00672. The lowest BCUT2D eigenvalue weighted by molar-refractivity contribution is -0.0692. The number of carbonyl (C=O) groups excluding carboxylic acids is 1. The fourth-order valence-electron chi connectivity index (χ4n) is 2.55. The second-order valence-electron chi connectivity index (χ2n) is 5.97. The average Bonchev–Trinajstić information content (AvgIpc) is 2.42. The first-order valence-electron chi connectivity index (χ1n) is 6.58. The molecule has 0 aromatic rings. The molecule has 1 aliphatic rings. The Labute approximate surface area is 109 Å². The predicted molar refractivity (Wildman–Crippen MR) is 70.5 cm³/mol. The van der Waals surface area contributed by atoms with Crippen molar-refractivity contribution in [1.82, 2.24) is 10.2 Å². The number of amides is 2. The highest BCUT2D eigenvalue weighted by molar-refractivity contribution is 5.74. The molecule has 1 fully saturated rings. The summed E-state index contributed by atoms with van der Waals surface area (Å²) < 4.78 is 5.94. The van der Waals surface area contributed by atoms with Crippen LogP contribution in [0.4, 0.5) is 4.79 Å². The molecule has 0 saturated carbocycles. The number of urea groups is 1. The van der Waals surface area contributed by atoms with E-state index < -0.39 is 0 Å². The van der Waals surface area contributed by atoms with Gasteiger partial charge in [-0.05, 0) is 41.0 Å². The Morgan fingerprint density at radius 3 is 2.44 bits per heavy atom. The number of hydrogen-bond acceptors (Lipinski definition) is 3. The monoisotopic (exact) mass is 258 g/mol. The van der Waals surface area contributed by atoms with Crippen molar-refractivity contribution in [2.75, 3.05) is 19.7 Å². The number of aliphatic hydroxyl groups excluding tert-OH is 1. The predicted octanol–water partition coefficient (Wildman–Crippen LogP) is 1.36. The van der Waals surface area contributed by atoms with Gasteiger partial charge in [0.1, 0.15) is 0 Å². The van der Waals surface area contributed by atoms with Gasteiger partial charge in [-0.2, -0.15) is 0 Å². The number of carbonyl (C=O) groups is 1. The van der Waals surface area contributed by atoms with Gasteiger partial charge in [0.2, 0.25) is 0 Å². The number of nitrogens with one attached hydrogen (secondary N) is 1. The van der Waals surface area contributed by atoms with Gasteiger partial charge in [-0.3, -0.25) is 0 Å². The molecule has 0 bridgehead atoms. The summed E-state index contributed by atoms with van der Waals surface area (Å²) in [5.41, 5.74) is -0.576. The van der Waals surface area contributed by atoms with Crippen LogP contribution in [0, 0.1) is 0 Å². The summed E-state index contributed by atoms with van der Waals surface area (Å²) in [7, 11) is 0. The van der Waals surface area contributed by atoms with Crippen LogP contribution in [0.1, 0.15) is 41.0 Å². The van der Waals surface area contributed by atoms with Crippen molar-refractivity contribution in [3.8, 4) is 0 Å². The van der Waals surface area contributed by atoms with E-state index in [-0.39, 0.29) is 29.9 Å². The second-order valence-corrected chi connectivity index (χ2v) is 5.97. The first-order valence-corrected chi connectivity index (χ1v) is 6.58. The van der Waals surface area contributed by atoms with Gasteiger partial charge in [-0.15, -0.1) is 0 Å². The van der Waals surface area contributed by atoms with Crippen LogP contribution in [0.3, 0.4) is 0 Å². The summed E-state index contributed by atoms with van der Waals surface area (Å²) in [6.45, 7) is 10.9. The molecule has 5 nitrogen and oxygen atoms in total. The molecular formula is C13H26N2O3. The van der Waals surface area contributed by atoms with E-state index in [4.69, 9.17) is 9.84 Å². The van der Waals surface area contributed by atoms with E-state index >= 15 is 0 Å². The van der Waals surface area contributed by atoms with Crippen LogP contribution in [0.5, 0.6) is 0 Å². The summed E-state index contributed by atoms with van der Waals surface area (Å²) in [6, 6.07) is -0.140. The normalized spacial score (nSPS) is 24.9. The number of hydrogen-bond donors (Lipinski definition) is 2. The van der Waals surface area contributed by atoms with Crippen molar-refractivity contribution in [3.05, 3.63) is 0 Å². The van der Waals surface area contributed by atoms with Gasteiger partial charge in [-0.1, -0.05) is 0 Å². The number of nitrogens with zero attached hydrogens (tertiary/aromatic N) is 1. The summed E-state index contributed by atoms with van der Waals surface area (Å²) in [6.07, 6.45) is 0.794. The zero-order valence-electron chi connectivity index (χ0n) is 12.1. The molecular weight excluding hydrogens is 232 g/mol. The fraction of sp³-hybridized carbons (Fsp3) is 0.923. The summed E-state index contributed by atoms with van der Waals surface area (Å²) >= 11 is 0. The third-order valence-corrected chi connectivity index (χ3v) is 3.41. The smallest absolute Gasteiger partial charge is 0.317 e. The largest absolute Gasteiger partial charge is 0.395 e. The molecule has 2 N–H and O–H groups in total. The maximum atomic E-state index is 12.1. The number of ether oxygens (including phenoxy) is 1. The highest BCUT2D eigenvalue weighted by Crippen LogP contribution is 2.37. The van der Waals surface area contributed by atoms with Gasteiger partial charge in [-0.25, -0.2) is 4.79 Å². The van der Waals surface area contributed by atoms with E-state index in [1.165, 1.54) is 0 Å². The molecule has 106 valence electrons. The third kappa shape index (κ3) is 3.59. The highest BCUT2D eigenvalue weighted by Gasteiger charge is 2.46. The summed E-state index contributed by atoms with van der Waals surface area (Å²) in [5.74, 6) is 0. The van der Waals surface area contributed by atoms with Crippen LogP contribution in [-0.4, -0.2) is 53.0 Å². The lowest BCUT2D eigenvalue weighted by atomic mass is 9.94. The van der Waals surface area contributed by atoms with Crippen molar-refractivity contribution in [1.29, 1.82) is 0 Å². The molecule has 1 heterocycles. The number of rotatable bonds is 4. The molecule has 1 rings (SSSR count). The zero-order valence-corrected chi connectivity index (χ0v) is 12.1. The van der Waals surface area contributed by atoms with Gasteiger partial charge in [0.25, 0.3) is 0 Å². The van der Waals surface area contributed by atoms with Crippen molar-refractivity contribution < 1.29 is 14.6 Å². The van der Waals surface area contributed by atoms with Crippen molar-refractivity contribution >= 4 is 6.03 Å². The minimum Gasteiger partial charge on any atom is -0.395 e. The van der Waals surface area contributed by atoms with Gasteiger partial charge < -0.3 is 20.1 Å². The molecule has 5 heteroatoms. The van der Waals surface area contributed by atoms with E-state index in [2.05, 4.69) is 5.32 Å². The van der Waals surface area contributed by atoms with E-state index in [0.29, 0.717) is 13.1 Å². The molecule has 0 aliphatic carbocycles. The van der Waals surface area contributed by atoms with Crippen LogP contribution in [0.15, 0.2) is 0 Å². The Hall–Kier alpha value is -0.810. The van der Waals surface area contributed by atoms with Gasteiger partial charge >= 0.3 is 6.03 Å². The molecule has 2 amide bonds. The van der Waals surface area contributed by atoms with E-state index in [1.54, 1.807) is 4.90 Å². The lowest BCUT2D eigenvalue weighted by Crippen LogP contribution is -2.51. The van der Waals surface area contributed by atoms with E-state index in [9.17, 15) is 4.79 Å². The Kier molecular flexibility index (Phi) is 4.61. The summed E-state index contributed by atoms with van der Waals surface area (Å²) in [4.78, 5) is 13.7. The van der Waals surface area contributed by atoms with Crippen LogP contribution in [-0.2, 0) is 4.74 Å². The first-order chi connectivity index (χ1) is 8.22. The Balaban J connectivity index is 2.64. The topological polar surface area (TPSA) is 61.8 Å². The summed E-state index contributed by atoms with van der Waals surface area (Å²) in [5, 5.41) is 11.9. The molecule has 0 spiro atoms. The number of aliphatic hydroxyl groups is 1. The molecule has 0 radical (unpaired) electrons. The molecule has 1 atom stereocenters. The maximum absolute atomic E-state index is 12.1. The second kappa shape index (κ2) is 5.45. The molecule has 1 aliphatic heterocycles. The van der Waals surface area contributed by atoms with Crippen LogP contribution >= 0.6 is 0 Å². The van der Waals surface area contributed by atoms with Crippen molar-refractivity contribution in [2.45, 2.75) is 58.3 Å². The molecule has 18 heavy (non-hydrogen) atoms. The Bertz CT molecular complexity index is 303. The maximum Gasteiger partial charge on any atom is 0.317 e. The van der Waals surface area contributed by atoms with Crippen molar-refractivity contribution in [2.24, 2.45) is 0 Å². The third-order valence-electron chi connectivity index (χ3n) is 3.41. The highest BCUT2D eigenvalue weighted by atomic mass is 16.5. The lowest BCUT2D eigenvalue weighted by Gasteiger charge is -2.30. The first kappa shape index (κ1) is 15.2. The number of likely N-dealkylation sites (N-methyl/N-ethyl adjacent to an activating group) is 1. The fourth-order valence-corrected chi connectivity index (χ4v) is 2.55. The van der Waals surface area contributed by atoms with E-state index in [1.807, 2.05) is 34.6 Å². The Morgan fingerprint density at radius 1 is 1.44 bits per heavy atom. The SMILES string of the molecule is CCN(CCO)C(=O)NC1CC(C)(C)OC1(C)C. The molecule has 0 aromatic heterocycles. The quantitative estimate of drug-likeness (QED) is 0.800. The van der Waals surface area contributed by atoms with Gasteiger partial charge in [0.15, 0.2) is 0 Å². The molecule has 0 aromatic carbocycles. The molecule has 1 saturated heterocycles. The standard InChI is InChI=1S/C13H26N2O3/c1-6-15(7-8-16)11(17)14-10-9-12(2,3)18-13(10,4)5/h10,16H,6-9H2,1-5H3,(H,14,17). The van der Waals surface area contributed by atoms with Crippen molar-refractivity contribution in [3.63, 3.8) is 0 Å².